The monoisotopic (exact) mass is 392 g/mol. The zero-order valence-electron chi connectivity index (χ0n) is 15.9. The Morgan fingerprint density at radius 3 is 2.72 bits per heavy atom. The highest BCUT2D eigenvalue weighted by atomic mass is 16.5. The lowest BCUT2D eigenvalue weighted by Crippen LogP contribution is -2.30. The molecule has 2 heterocycles. The van der Waals surface area contributed by atoms with E-state index in [1.54, 1.807) is 30.3 Å². The first-order valence-electron chi connectivity index (χ1n) is 9.37. The van der Waals surface area contributed by atoms with Crippen LogP contribution in [-0.2, 0) is 6.54 Å². The summed E-state index contributed by atoms with van der Waals surface area (Å²) in [5.74, 6) is 0.597. The molecule has 0 aliphatic rings. The van der Waals surface area contributed by atoms with Gasteiger partial charge in [-0.2, -0.15) is 0 Å². The molecule has 0 spiro atoms. The third-order valence-corrected chi connectivity index (χ3v) is 4.70. The van der Waals surface area contributed by atoms with E-state index in [-0.39, 0.29) is 30.1 Å². The van der Waals surface area contributed by atoms with Crippen LogP contribution in [0.5, 0.6) is 5.75 Å². The molecular weight excluding hydrogens is 372 g/mol. The largest absolute Gasteiger partial charge is 0.491 e. The molecule has 0 saturated carbocycles. The summed E-state index contributed by atoms with van der Waals surface area (Å²) in [6.07, 6.45) is 0.923. The maximum Gasteiger partial charge on any atom is 0.297 e. The van der Waals surface area contributed by atoms with Gasteiger partial charge in [-0.25, -0.2) is 4.98 Å². The van der Waals surface area contributed by atoms with E-state index in [1.807, 2.05) is 25.1 Å². The average Bonchev–Trinajstić information content (AvgIpc) is 3.13. The molecule has 0 saturated heterocycles. The summed E-state index contributed by atoms with van der Waals surface area (Å²) in [7, 11) is 0. The van der Waals surface area contributed by atoms with Gasteiger partial charge in [0, 0.05) is 17.4 Å². The maximum atomic E-state index is 12.7. The lowest BCUT2D eigenvalue weighted by Gasteiger charge is -2.13. The summed E-state index contributed by atoms with van der Waals surface area (Å²) < 4.78 is 12.5. The van der Waals surface area contributed by atoms with Crippen molar-refractivity contribution in [1.82, 2.24) is 9.55 Å². The molecule has 0 amide bonds. The molecule has 2 aromatic heterocycles. The fourth-order valence-electron chi connectivity index (χ4n) is 3.16. The molecule has 29 heavy (non-hydrogen) atoms. The smallest absolute Gasteiger partial charge is 0.297 e. The molecule has 1 N–H and O–H groups in total. The highest BCUT2D eigenvalue weighted by Crippen LogP contribution is 2.24. The molecule has 0 radical (unpaired) electrons. The first-order valence-corrected chi connectivity index (χ1v) is 9.37. The maximum absolute atomic E-state index is 12.7. The van der Waals surface area contributed by atoms with Crippen LogP contribution in [0.25, 0.3) is 22.1 Å². The van der Waals surface area contributed by atoms with Crippen LogP contribution in [0, 0.1) is 0 Å². The van der Waals surface area contributed by atoms with E-state index < -0.39 is 6.10 Å². The Bertz CT molecular complexity index is 1220. The third-order valence-electron chi connectivity index (χ3n) is 4.70. The summed E-state index contributed by atoms with van der Waals surface area (Å²) in [6, 6.07) is 14.1. The summed E-state index contributed by atoms with van der Waals surface area (Å²) >= 11 is 0. The molecule has 0 aliphatic heterocycles. The lowest BCUT2D eigenvalue weighted by atomic mass is 10.1. The topological polar surface area (TPSA) is 94.6 Å². The summed E-state index contributed by atoms with van der Waals surface area (Å²) in [5.41, 5.74) is 1.54. The number of carbonyl (C=O) groups excluding carboxylic acids is 1. The third kappa shape index (κ3) is 3.77. The van der Waals surface area contributed by atoms with Crippen molar-refractivity contribution in [2.45, 2.75) is 26.0 Å². The summed E-state index contributed by atoms with van der Waals surface area (Å²) in [5, 5.41) is 11.1. The van der Waals surface area contributed by atoms with Crippen molar-refractivity contribution in [3.63, 3.8) is 0 Å². The van der Waals surface area contributed by atoms with Gasteiger partial charge in [0.2, 0.25) is 5.58 Å². The van der Waals surface area contributed by atoms with Crippen LogP contribution < -0.4 is 10.3 Å². The molecule has 4 aromatic rings. The van der Waals surface area contributed by atoms with Gasteiger partial charge in [0.1, 0.15) is 29.6 Å². The Balaban J connectivity index is 1.45. The number of para-hydroxylation sites is 1. The molecule has 0 aliphatic carbocycles. The van der Waals surface area contributed by atoms with E-state index >= 15 is 0 Å². The van der Waals surface area contributed by atoms with Gasteiger partial charge >= 0.3 is 0 Å². The van der Waals surface area contributed by atoms with Crippen molar-refractivity contribution < 1.29 is 19.1 Å². The number of hydrogen-bond acceptors (Lipinski definition) is 6. The van der Waals surface area contributed by atoms with Gasteiger partial charge in [0.25, 0.3) is 5.56 Å². The Kier molecular flexibility index (Phi) is 5.14. The number of fused-ring (bicyclic) bond motifs is 3. The summed E-state index contributed by atoms with van der Waals surface area (Å²) in [4.78, 5) is 28.7. The first-order chi connectivity index (χ1) is 14.1. The van der Waals surface area contributed by atoms with Gasteiger partial charge in [0.15, 0.2) is 5.78 Å². The number of rotatable bonds is 7. The van der Waals surface area contributed by atoms with Crippen LogP contribution in [0.1, 0.15) is 23.7 Å². The van der Waals surface area contributed by atoms with E-state index in [0.29, 0.717) is 28.8 Å². The Morgan fingerprint density at radius 1 is 1.21 bits per heavy atom. The molecule has 148 valence electrons. The zero-order chi connectivity index (χ0) is 20.4. The lowest BCUT2D eigenvalue weighted by molar-refractivity contribution is 0.0912. The number of ether oxygens (including phenoxy) is 1. The van der Waals surface area contributed by atoms with Crippen LogP contribution in [0.2, 0.25) is 0 Å². The van der Waals surface area contributed by atoms with E-state index in [1.165, 1.54) is 10.9 Å². The number of Topliss-reactive ketones (excluding diaryl/α,β-unsaturated/α-hetero) is 1. The Morgan fingerprint density at radius 2 is 1.97 bits per heavy atom. The number of aromatic nitrogens is 2. The highest BCUT2D eigenvalue weighted by Gasteiger charge is 2.15. The van der Waals surface area contributed by atoms with Crippen molar-refractivity contribution >= 4 is 27.9 Å². The van der Waals surface area contributed by atoms with E-state index in [9.17, 15) is 14.7 Å². The molecule has 7 nitrogen and oxygen atoms in total. The summed E-state index contributed by atoms with van der Waals surface area (Å²) in [6.45, 7) is 1.82. The van der Waals surface area contributed by atoms with Crippen molar-refractivity contribution in [2.24, 2.45) is 0 Å². The quantitative estimate of drug-likeness (QED) is 0.486. The standard InChI is InChI=1S/C22H20N2O5/c1-2-18(26)14-7-9-16(10-8-14)28-12-15(25)11-24-13-23-20-17-5-3-4-6-19(17)29-21(20)22(24)27/h3-10,13,15,25H,2,11-12H2,1H3. The van der Waals surface area contributed by atoms with Crippen molar-refractivity contribution in [3.8, 4) is 5.75 Å². The number of aliphatic hydroxyl groups is 1. The van der Waals surface area contributed by atoms with E-state index in [0.717, 1.165) is 5.39 Å². The van der Waals surface area contributed by atoms with Crippen LogP contribution >= 0.6 is 0 Å². The van der Waals surface area contributed by atoms with Crippen molar-refractivity contribution in [2.75, 3.05) is 6.61 Å². The average molecular weight is 392 g/mol. The molecule has 2 aromatic carbocycles. The molecule has 0 fully saturated rings. The first kappa shape index (κ1) is 18.9. The molecule has 1 atom stereocenters. The van der Waals surface area contributed by atoms with Gasteiger partial charge in [-0.15, -0.1) is 0 Å². The fraction of sp³-hybridized carbons (Fsp3) is 0.227. The number of carbonyl (C=O) groups is 1. The minimum absolute atomic E-state index is 0.00826. The van der Waals surface area contributed by atoms with Crippen LogP contribution in [0.15, 0.2) is 64.1 Å². The molecular formula is C22H20N2O5. The number of nitrogens with zero attached hydrogens (tertiary/aromatic N) is 2. The van der Waals surface area contributed by atoms with Gasteiger partial charge in [-0.1, -0.05) is 19.1 Å². The molecule has 7 heteroatoms. The molecule has 4 rings (SSSR count). The second-order valence-corrected chi connectivity index (χ2v) is 6.74. The number of benzene rings is 2. The molecule has 0 bridgehead atoms. The fourth-order valence-corrected chi connectivity index (χ4v) is 3.16. The molecule has 1 unspecified atom stereocenters. The minimum Gasteiger partial charge on any atom is -0.491 e. The van der Waals surface area contributed by atoms with Gasteiger partial charge < -0.3 is 14.3 Å². The van der Waals surface area contributed by atoms with E-state index in [4.69, 9.17) is 9.15 Å². The normalized spacial score (nSPS) is 12.3. The van der Waals surface area contributed by atoms with Gasteiger partial charge in [0.05, 0.1) is 12.9 Å². The van der Waals surface area contributed by atoms with Crippen LogP contribution in [0.4, 0.5) is 0 Å². The second kappa shape index (κ2) is 7.89. The van der Waals surface area contributed by atoms with Crippen molar-refractivity contribution in [3.05, 3.63) is 70.8 Å². The number of furan rings is 1. The zero-order valence-corrected chi connectivity index (χ0v) is 15.9. The second-order valence-electron chi connectivity index (χ2n) is 6.74. The Hall–Kier alpha value is -3.45. The predicted octanol–water partition coefficient (Wildman–Crippen LogP) is 3.18. The number of hydrogen-bond donors (Lipinski definition) is 1. The predicted molar refractivity (Wildman–Crippen MR) is 108 cm³/mol. The SMILES string of the molecule is CCC(=O)c1ccc(OCC(O)Cn2cnc3c(oc4ccccc43)c2=O)cc1. The van der Waals surface area contributed by atoms with Crippen LogP contribution in [0.3, 0.4) is 0 Å². The van der Waals surface area contributed by atoms with Gasteiger partial charge in [-0.3, -0.25) is 14.2 Å². The number of ketones is 1. The minimum atomic E-state index is -0.923. The van der Waals surface area contributed by atoms with Crippen molar-refractivity contribution in [1.29, 1.82) is 0 Å². The Labute approximate surface area is 166 Å². The highest BCUT2D eigenvalue weighted by molar-refractivity contribution is 6.01. The van der Waals surface area contributed by atoms with Crippen LogP contribution in [-0.4, -0.2) is 33.2 Å². The van der Waals surface area contributed by atoms with Gasteiger partial charge in [-0.05, 0) is 36.4 Å². The van der Waals surface area contributed by atoms with E-state index in [2.05, 4.69) is 4.98 Å². The number of aliphatic hydroxyl groups excluding tert-OH is 1.